The third kappa shape index (κ3) is 4.91. The van der Waals surface area contributed by atoms with Crippen molar-refractivity contribution >= 4 is 14.0 Å². The molecule has 0 aromatic heterocycles. The first kappa shape index (κ1) is 18.8. The highest BCUT2D eigenvalue weighted by Crippen LogP contribution is 2.38. The van der Waals surface area contributed by atoms with Crippen molar-refractivity contribution in [1.82, 2.24) is 0 Å². The van der Waals surface area contributed by atoms with E-state index in [9.17, 15) is 13.2 Å². The molecule has 1 aromatic carbocycles. The van der Waals surface area contributed by atoms with Gasteiger partial charge in [0.25, 0.3) is 0 Å². The van der Waals surface area contributed by atoms with Crippen molar-refractivity contribution in [2.24, 2.45) is 0 Å². The minimum absolute atomic E-state index is 0.0470. The van der Waals surface area contributed by atoms with Gasteiger partial charge in [-0.25, -0.2) is 0 Å². The van der Waals surface area contributed by atoms with Crippen molar-refractivity contribution < 1.29 is 22.3 Å². The van der Waals surface area contributed by atoms with Crippen LogP contribution < -0.4 is 10.5 Å². The van der Waals surface area contributed by atoms with Gasteiger partial charge in [-0.3, -0.25) is 0 Å². The molecule has 7 heteroatoms. The fourth-order valence-electron chi connectivity index (χ4n) is 1.56. The normalized spacial score (nSPS) is 13.3. The van der Waals surface area contributed by atoms with Crippen LogP contribution in [0.3, 0.4) is 0 Å². The molecule has 1 aromatic rings. The third-order valence-corrected chi connectivity index (χ3v) is 8.46. The molecule has 0 heterocycles. The molecule has 1 rings (SSSR count). The minimum atomic E-state index is -4.50. The lowest BCUT2D eigenvalue weighted by atomic mass is 10.1. The monoisotopic (exact) mass is 335 g/mol. The van der Waals surface area contributed by atoms with Gasteiger partial charge >= 0.3 is 6.18 Å². The number of rotatable bonds is 5. The molecule has 0 unspecified atom stereocenters. The van der Waals surface area contributed by atoms with Crippen molar-refractivity contribution in [3.8, 4) is 5.75 Å². The number of hydrogen-bond donors (Lipinski definition) is 1. The summed E-state index contributed by atoms with van der Waals surface area (Å²) in [5.41, 5.74) is 4.60. The Hall–Kier alpha value is -1.21. The van der Waals surface area contributed by atoms with E-state index in [1.54, 1.807) is 0 Å². The van der Waals surface area contributed by atoms with E-state index in [0.717, 1.165) is 6.07 Å². The van der Waals surface area contributed by atoms with E-state index >= 15 is 0 Å². The molecule has 0 amide bonds. The first-order chi connectivity index (χ1) is 9.84. The van der Waals surface area contributed by atoms with E-state index in [-0.39, 0.29) is 29.7 Å². The Labute approximate surface area is 130 Å². The lowest BCUT2D eigenvalue weighted by molar-refractivity contribution is -0.139. The molecule has 0 aliphatic rings. The Balaban J connectivity index is 2.67. The molecule has 0 spiro atoms. The van der Waals surface area contributed by atoms with Crippen LogP contribution in [-0.2, 0) is 10.6 Å². The van der Waals surface area contributed by atoms with Crippen molar-refractivity contribution in [3.05, 3.63) is 23.8 Å². The summed E-state index contributed by atoms with van der Waals surface area (Å²) in [5, 5.41) is 0.0470. The zero-order valence-corrected chi connectivity index (χ0v) is 14.7. The van der Waals surface area contributed by atoms with E-state index in [4.69, 9.17) is 14.9 Å². The second kappa shape index (κ2) is 6.50. The molecule has 3 nitrogen and oxygen atoms in total. The highest BCUT2D eigenvalue weighted by atomic mass is 28.4. The van der Waals surface area contributed by atoms with Crippen molar-refractivity contribution in [2.45, 2.75) is 45.1 Å². The van der Waals surface area contributed by atoms with E-state index < -0.39 is 20.1 Å². The number of alkyl halides is 3. The van der Waals surface area contributed by atoms with Gasteiger partial charge in [-0.1, -0.05) is 20.8 Å². The average molecular weight is 335 g/mol. The summed E-state index contributed by atoms with van der Waals surface area (Å²) in [6.45, 7) is 10.8. The summed E-state index contributed by atoms with van der Waals surface area (Å²) in [4.78, 5) is 0. The Morgan fingerprint density at radius 3 is 2.18 bits per heavy atom. The standard InChI is InChI=1S/C15H24F3NO2Si/c1-14(2,3)22(4,5)21-9-8-20-13-7-6-11(19)10-12(13)15(16,17)18/h6-7,10H,8-9,19H2,1-5H3. The molecule has 0 aliphatic carbocycles. The summed E-state index contributed by atoms with van der Waals surface area (Å²) >= 11 is 0. The van der Waals surface area contributed by atoms with Crippen molar-refractivity contribution in [3.63, 3.8) is 0 Å². The van der Waals surface area contributed by atoms with Gasteiger partial charge in [0.2, 0.25) is 0 Å². The predicted octanol–water partition coefficient (Wildman–Crippen LogP) is 4.69. The number of ether oxygens (including phenoxy) is 1. The molecule has 0 radical (unpaired) electrons. The molecule has 0 atom stereocenters. The van der Waals surface area contributed by atoms with Gasteiger partial charge in [0.1, 0.15) is 12.4 Å². The molecular formula is C15H24F3NO2Si. The van der Waals surface area contributed by atoms with Crippen LogP contribution >= 0.6 is 0 Å². The average Bonchev–Trinajstić information content (AvgIpc) is 2.33. The highest BCUT2D eigenvalue weighted by molar-refractivity contribution is 6.74. The van der Waals surface area contributed by atoms with Gasteiger partial charge in [-0.05, 0) is 36.3 Å². The molecule has 22 heavy (non-hydrogen) atoms. The van der Waals surface area contributed by atoms with E-state index in [0.29, 0.717) is 0 Å². The lowest BCUT2D eigenvalue weighted by Crippen LogP contribution is -2.41. The number of nitrogens with two attached hydrogens (primary N) is 1. The van der Waals surface area contributed by atoms with Gasteiger partial charge in [0.05, 0.1) is 12.2 Å². The Morgan fingerprint density at radius 2 is 1.68 bits per heavy atom. The Morgan fingerprint density at radius 1 is 1.09 bits per heavy atom. The van der Waals surface area contributed by atoms with Crippen LogP contribution in [0.1, 0.15) is 26.3 Å². The maximum atomic E-state index is 12.9. The lowest BCUT2D eigenvalue weighted by Gasteiger charge is -2.36. The molecule has 0 aliphatic heterocycles. The molecule has 0 fully saturated rings. The number of nitrogen functional groups attached to an aromatic ring is 1. The van der Waals surface area contributed by atoms with Crippen LogP contribution in [0, 0.1) is 0 Å². The van der Waals surface area contributed by atoms with Crippen LogP contribution in [0.4, 0.5) is 18.9 Å². The van der Waals surface area contributed by atoms with Crippen LogP contribution in [-0.4, -0.2) is 21.5 Å². The topological polar surface area (TPSA) is 44.5 Å². The molecule has 126 valence electrons. The number of hydrogen-bond acceptors (Lipinski definition) is 3. The summed E-state index contributed by atoms with van der Waals surface area (Å²) < 4.78 is 49.9. The Bertz CT molecular complexity index is 510. The molecule has 0 bridgehead atoms. The SMILES string of the molecule is CC(C)(C)[Si](C)(C)OCCOc1ccc(N)cc1C(F)(F)F. The molecular weight excluding hydrogens is 311 g/mol. The van der Waals surface area contributed by atoms with Crippen LogP contribution in [0.5, 0.6) is 5.75 Å². The van der Waals surface area contributed by atoms with Gasteiger partial charge < -0.3 is 14.9 Å². The smallest absolute Gasteiger partial charge is 0.420 e. The van der Waals surface area contributed by atoms with E-state index in [1.165, 1.54) is 12.1 Å². The Kier molecular flexibility index (Phi) is 5.56. The summed E-state index contributed by atoms with van der Waals surface area (Å²) in [6.07, 6.45) is -4.50. The van der Waals surface area contributed by atoms with Crippen LogP contribution in [0.2, 0.25) is 18.1 Å². The number of anilines is 1. The largest absolute Gasteiger partial charge is 0.491 e. The second-order valence-corrected chi connectivity index (χ2v) is 11.5. The molecule has 0 saturated heterocycles. The summed E-state index contributed by atoms with van der Waals surface area (Å²) in [5.74, 6) is -0.222. The zero-order valence-electron chi connectivity index (χ0n) is 13.7. The first-order valence-corrected chi connectivity index (χ1v) is 9.99. The maximum absolute atomic E-state index is 12.9. The highest BCUT2D eigenvalue weighted by Gasteiger charge is 2.37. The predicted molar refractivity (Wildman–Crippen MR) is 84.5 cm³/mol. The first-order valence-electron chi connectivity index (χ1n) is 7.08. The van der Waals surface area contributed by atoms with Crippen LogP contribution in [0.15, 0.2) is 18.2 Å². The minimum Gasteiger partial charge on any atom is -0.491 e. The van der Waals surface area contributed by atoms with Crippen molar-refractivity contribution in [2.75, 3.05) is 18.9 Å². The van der Waals surface area contributed by atoms with Crippen LogP contribution in [0.25, 0.3) is 0 Å². The number of halogens is 3. The second-order valence-electron chi connectivity index (χ2n) is 6.71. The van der Waals surface area contributed by atoms with E-state index in [2.05, 4.69) is 33.9 Å². The summed E-state index contributed by atoms with van der Waals surface area (Å²) in [7, 11) is -1.92. The fraction of sp³-hybridized carbons (Fsp3) is 0.600. The quantitative estimate of drug-likeness (QED) is 0.482. The molecule has 2 N–H and O–H groups in total. The third-order valence-electron chi connectivity index (χ3n) is 3.92. The molecule has 0 saturated carbocycles. The fourth-order valence-corrected chi connectivity index (χ4v) is 2.59. The summed E-state index contributed by atoms with van der Waals surface area (Å²) in [6, 6.07) is 3.51. The van der Waals surface area contributed by atoms with Crippen molar-refractivity contribution in [1.29, 1.82) is 0 Å². The maximum Gasteiger partial charge on any atom is 0.420 e. The van der Waals surface area contributed by atoms with Gasteiger partial charge in [-0.2, -0.15) is 13.2 Å². The zero-order chi connectivity index (χ0) is 17.2. The number of benzene rings is 1. The van der Waals surface area contributed by atoms with Gasteiger partial charge in [0.15, 0.2) is 8.32 Å². The van der Waals surface area contributed by atoms with E-state index in [1.807, 2.05) is 0 Å². The van der Waals surface area contributed by atoms with Gasteiger partial charge in [0, 0.05) is 5.69 Å². The van der Waals surface area contributed by atoms with Gasteiger partial charge in [-0.15, -0.1) is 0 Å².